The van der Waals surface area contributed by atoms with Crippen molar-refractivity contribution in [2.45, 2.75) is 60.0 Å². The monoisotopic (exact) mass is 590 g/mol. The van der Waals surface area contributed by atoms with E-state index < -0.39 is 64.9 Å². The number of alkyl halides is 22. The highest BCUT2D eigenvalue weighted by Gasteiger charge is 3.03. The van der Waals surface area contributed by atoms with Crippen molar-refractivity contribution in [2.75, 3.05) is 0 Å². The lowest BCUT2D eigenvalue weighted by atomic mass is 9.93. The molecule has 35 heavy (non-hydrogen) atoms. The van der Waals surface area contributed by atoms with E-state index in [1.54, 1.807) is 0 Å². The molecule has 0 aromatic carbocycles. The number of rotatable bonds is 7. The van der Waals surface area contributed by atoms with Gasteiger partial charge in [-0.3, -0.25) is 0 Å². The molecule has 0 amide bonds. The number of hydrogen-bond donors (Lipinski definition) is 0. The van der Waals surface area contributed by atoms with Crippen molar-refractivity contribution in [1.82, 2.24) is 0 Å². The maximum absolute atomic E-state index is 13.2. The fraction of sp³-hybridized carbons (Fsp3) is 1.00. The smallest absolute Gasteiger partial charge is 0.216 e. The minimum absolute atomic E-state index is 8.13. The molecular formula is C10F24N+. The second kappa shape index (κ2) is 7.64. The maximum Gasteiger partial charge on any atom is 0.540 e. The molecule has 0 spiro atoms. The Kier molecular flexibility index (Phi) is 7.27. The highest BCUT2D eigenvalue weighted by molar-refractivity contribution is 5.10. The molecule has 25 heteroatoms. The van der Waals surface area contributed by atoms with Gasteiger partial charge in [0.05, 0.1) is 8.96 Å². The van der Waals surface area contributed by atoms with E-state index >= 15 is 0 Å². The molecule has 0 heterocycles. The van der Waals surface area contributed by atoms with Gasteiger partial charge in [0.1, 0.15) is 0 Å². The number of quaternary nitrogens is 1. The zero-order valence-corrected chi connectivity index (χ0v) is 14.5. The summed E-state index contributed by atoms with van der Waals surface area (Å²) in [5.74, 6) is -36.4. The summed E-state index contributed by atoms with van der Waals surface area (Å²) in [6, 6.07) is -19.1. The summed E-state index contributed by atoms with van der Waals surface area (Å²) in [6.07, 6.45) is -25.2. The van der Waals surface area contributed by atoms with Crippen LogP contribution in [0, 0.1) is 0 Å². The Bertz CT molecular complexity index is 762. The van der Waals surface area contributed by atoms with Gasteiger partial charge in [0, 0.05) is 0 Å². The molecule has 0 atom stereocenters. The van der Waals surface area contributed by atoms with Gasteiger partial charge in [0.15, 0.2) is 4.93 Å². The zero-order chi connectivity index (χ0) is 29.5. The third-order valence-corrected chi connectivity index (χ3v) is 3.82. The normalized spacial score (nSPS) is 17.1. The standard InChI is InChI=1S/C10F24N/c11-1(6(20,21)22,7(23,24)25)2(12,13)9(29,30)35(33,34)10(31,32)5(18,19)3(14,15)4(16,17)8(26,27)28/q+1. The van der Waals surface area contributed by atoms with Crippen molar-refractivity contribution < 1.29 is 110 Å². The summed E-state index contributed by atoms with van der Waals surface area (Å²) in [7, 11) is 0. The Morgan fingerprint density at radius 2 is 0.543 bits per heavy atom. The molecule has 0 bridgehead atoms. The van der Waals surface area contributed by atoms with Gasteiger partial charge < -0.3 is 0 Å². The average Bonchev–Trinajstić information content (AvgIpc) is 2.56. The van der Waals surface area contributed by atoms with Crippen molar-refractivity contribution in [3.8, 4) is 0 Å². The Labute approximate surface area is 172 Å². The summed E-state index contributed by atoms with van der Waals surface area (Å²) in [4.78, 5) is -8.64. The molecule has 0 N–H and O–H groups in total. The van der Waals surface area contributed by atoms with Crippen LogP contribution in [0.5, 0.6) is 0 Å². The molecule has 212 valence electrons. The molecule has 0 aliphatic rings. The number of halogens is 24. The van der Waals surface area contributed by atoms with Crippen LogP contribution >= 0.6 is 0 Å². The minimum atomic E-state index is -9.58. The predicted molar refractivity (Wildman–Crippen MR) is 54.2 cm³/mol. The molecule has 0 rings (SSSR count). The minimum Gasteiger partial charge on any atom is -0.216 e. The first-order valence-electron chi connectivity index (χ1n) is 6.94. The van der Waals surface area contributed by atoms with Gasteiger partial charge >= 0.3 is 60.0 Å². The topological polar surface area (TPSA) is 0 Å². The van der Waals surface area contributed by atoms with E-state index in [1.165, 1.54) is 0 Å². The van der Waals surface area contributed by atoms with Crippen LogP contribution in [-0.2, 0) is 0 Å². The number of hydrogen-bond acceptors (Lipinski definition) is 0. The van der Waals surface area contributed by atoms with Crippen LogP contribution in [0.2, 0.25) is 0 Å². The Hall–Kier alpha value is -1.72. The van der Waals surface area contributed by atoms with Gasteiger partial charge in [-0.2, -0.15) is 74.6 Å². The largest absolute Gasteiger partial charge is 0.540 e. The Morgan fingerprint density at radius 3 is 0.771 bits per heavy atom. The van der Waals surface area contributed by atoms with Crippen LogP contribution in [0.1, 0.15) is 0 Å². The summed E-state index contributed by atoms with van der Waals surface area (Å²) in [5, 5.41) is 0. The van der Waals surface area contributed by atoms with Gasteiger partial charge in [-0.1, -0.05) is 0 Å². The summed E-state index contributed by atoms with van der Waals surface area (Å²) >= 11 is 0. The summed E-state index contributed by atoms with van der Waals surface area (Å²) in [6.45, 7) is 0. The molecule has 0 radical (unpaired) electrons. The van der Waals surface area contributed by atoms with Crippen molar-refractivity contribution in [2.24, 2.45) is 0 Å². The van der Waals surface area contributed by atoms with Gasteiger partial charge in [-0.25, -0.2) is 4.39 Å². The molecular weight excluding hydrogens is 590 g/mol. The van der Waals surface area contributed by atoms with E-state index in [9.17, 15) is 106 Å². The lowest BCUT2D eigenvalue weighted by Gasteiger charge is -2.42. The summed E-state index contributed by atoms with van der Waals surface area (Å²) in [5.41, 5.74) is -9.07. The van der Waals surface area contributed by atoms with E-state index in [1.807, 2.05) is 0 Å². The van der Waals surface area contributed by atoms with Crippen LogP contribution in [-0.4, -0.2) is 64.9 Å². The first-order chi connectivity index (χ1) is 14.5. The summed E-state index contributed by atoms with van der Waals surface area (Å²) < 4.78 is 304. The quantitative estimate of drug-likeness (QED) is 0.162. The van der Waals surface area contributed by atoms with E-state index in [0.29, 0.717) is 0 Å². The van der Waals surface area contributed by atoms with Crippen LogP contribution in [0.4, 0.5) is 106 Å². The third-order valence-electron chi connectivity index (χ3n) is 3.82. The van der Waals surface area contributed by atoms with E-state index in [0.717, 1.165) is 0 Å². The number of nitrogens with zero attached hydrogens (tertiary/aromatic N) is 1. The fourth-order valence-electron chi connectivity index (χ4n) is 1.82. The van der Waals surface area contributed by atoms with Crippen LogP contribution in [0.25, 0.3) is 0 Å². The molecule has 0 aliphatic heterocycles. The molecule has 0 aromatic heterocycles. The van der Waals surface area contributed by atoms with Gasteiger partial charge in [0.25, 0.3) is 0 Å². The lowest BCUT2D eigenvalue weighted by Crippen LogP contribution is -2.80. The fourth-order valence-corrected chi connectivity index (χ4v) is 1.82. The van der Waals surface area contributed by atoms with E-state index in [4.69, 9.17) is 0 Å². The van der Waals surface area contributed by atoms with Crippen LogP contribution in [0.3, 0.4) is 0 Å². The third kappa shape index (κ3) is 3.80. The van der Waals surface area contributed by atoms with Crippen molar-refractivity contribution in [1.29, 1.82) is 0 Å². The van der Waals surface area contributed by atoms with Crippen LogP contribution in [0.15, 0.2) is 0 Å². The Morgan fingerprint density at radius 1 is 0.286 bits per heavy atom. The average molecular weight is 590 g/mol. The first-order valence-corrected chi connectivity index (χ1v) is 6.94. The first kappa shape index (κ1) is 33.3. The molecule has 0 unspecified atom stereocenters. The van der Waals surface area contributed by atoms with Gasteiger partial charge in [-0.15, -0.1) is 17.6 Å². The second-order valence-corrected chi connectivity index (χ2v) is 6.05. The van der Waals surface area contributed by atoms with Crippen LogP contribution < -0.4 is 0 Å². The maximum atomic E-state index is 13.2. The highest BCUT2D eigenvalue weighted by atomic mass is 19.5. The lowest BCUT2D eigenvalue weighted by molar-refractivity contribution is -1.28. The molecule has 0 saturated heterocycles. The van der Waals surface area contributed by atoms with E-state index in [-0.39, 0.29) is 0 Å². The van der Waals surface area contributed by atoms with Crippen molar-refractivity contribution in [3.63, 3.8) is 0 Å². The van der Waals surface area contributed by atoms with Crippen molar-refractivity contribution >= 4 is 0 Å². The second-order valence-electron chi connectivity index (χ2n) is 6.05. The van der Waals surface area contributed by atoms with Crippen molar-refractivity contribution in [3.05, 3.63) is 0 Å². The van der Waals surface area contributed by atoms with E-state index in [2.05, 4.69) is 0 Å². The molecule has 0 fully saturated rings. The SMILES string of the molecule is FC(F)(F)C(F)(F)C(F)(F)C(F)(F)C(F)(F)[N+](F)(F)C(F)(F)C(F)(F)C(F)(C(F)(F)F)C(F)(F)F. The molecule has 0 saturated carbocycles. The molecule has 1 nitrogen and oxygen atoms in total. The Balaban J connectivity index is 7.32. The highest BCUT2D eigenvalue weighted by Crippen LogP contribution is 2.66. The molecule has 0 aromatic rings. The van der Waals surface area contributed by atoms with Gasteiger partial charge in [0.2, 0.25) is 0 Å². The van der Waals surface area contributed by atoms with Gasteiger partial charge in [-0.05, 0) is 0 Å². The molecule has 0 aliphatic carbocycles. The zero-order valence-electron chi connectivity index (χ0n) is 14.5. The predicted octanol–water partition coefficient (Wildman–Crippen LogP) is 7.69.